The van der Waals surface area contributed by atoms with Crippen molar-refractivity contribution in [3.63, 3.8) is 0 Å². The highest BCUT2D eigenvalue weighted by Crippen LogP contribution is 2.24. The third kappa shape index (κ3) is 2.46. The van der Waals surface area contributed by atoms with Crippen molar-refractivity contribution >= 4 is 16.9 Å². The van der Waals surface area contributed by atoms with Crippen LogP contribution in [0.5, 0.6) is 0 Å². The molecular formula is C15H16N6O2. The minimum absolute atomic E-state index is 0.0932. The summed E-state index contributed by atoms with van der Waals surface area (Å²) >= 11 is 0. The molecule has 2 atom stereocenters. The van der Waals surface area contributed by atoms with Crippen LogP contribution in [-0.4, -0.2) is 44.0 Å². The van der Waals surface area contributed by atoms with Crippen molar-refractivity contribution < 1.29 is 4.74 Å². The summed E-state index contributed by atoms with van der Waals surface area (Å²) < 4.78 is 7.01. The zero-order chi connectivity index (χ0) is 15.8. The SMILES string of the molecule is Cc1cc2ncnc(NC3COCC3n3ncccc3=O)c2[nH]1. The van der Waals surface area contributed by atoms with E-state index in [0.717, 1.165) is 16.7 Å². The maximum absolute atomic E-state index is 12.0. The Morgan fingerprint density at radius 1 is 1.39 bits per heavy atom. The first-order valence-electron chi connectivity index (χ1n) is 7.41. The van der Waals surface area contributed by atoms with E-state index in [1.165, 1.54) is 17.1 Å². The number of anilines is 1. The van der Waals surface area contributed by atoms with Gasteiger partial charge >= 0.3 is 0 Å². The van der Waals surface area contributed by atoms with Gasteiger partial charge in [-0.3, -0.25) is 4.79 Å². The zero-order valence-electron chi connectivity index (χ0n) is 12.6. The Morgan fingerprint density at radius 2 is 2.30 bits per heavy atom. The number of nitrogens with one attached hydrogen (secondary N) is 2. The molecular weight excluding hydrogens is 296 g/mol. The normalized spacial score (nSPS) is 20.9. The number of aryl methyl sites for hydroxylation is 1. The lowest BCUT2D eigenvalue weighted by Gasteiger charge is -2.20. The van der Waals surface area contributed by atoms with E-state index in [-0.39, 0.29) is 17.6 Å². The number of fused-ring (bicyclic) bond motifs is 1. The maximum atomic E-state index is 12.0. The predicted octanol–water partition coefficient (Wildman–Crippen LogP) is 0.875. The number of ether oxygens (including phenoxy) is 1. The molecule has 0 spiro atoms. The van der Waals surface area contributed by atoms with Crippen LogP contribution in [-0.2, 0) is 4.74 Å². The highest BCUT2D eigenvalue weighted by molar-refractivity contribution is 5.86. The fourth-order valence-electron chi connectivity index (χ4n) is 2.90. The van der Waals surface area contributed by atoms with E-state index in [0.29, 0.717) is 19.0 Å². The summed E-state index contributed by atoms with van der Waals surface area (Å²) in [5, 5.41) is 7.53. The summed E-state index contributed by atoms with van der Waals surface area (Å²) in [6.07, 6.45) is 3.13. The molecule has 2 N–H and O–H groups in total. The molecule has 4 heterocycles. The fourth-order valence-corrected chi connectivity index (χ4v) is 2.90. The molecule has 0 amide bonds. The fraction of sp³-hybridized carbons (Fsp3) is 0.333. The Hall–Kier alpha value is -2.74. The van der Waals surface area contributed by atoms with Gasteiger partial charge in [-0.1, -0.05) is 0 Å². The lowest BCUT2D eigenvalue weighted by Crippen LogP contribution is -2.37. The van der Waals surface area contributed by atoms with Crippen LogP contribution in [0.4, 0.5) is 5.82 Å². The van der Waals surface area contributed by atoms with Gasteiger partial charge in [-0.05, 0) is 19.1 Å². The van der Waals surface area contributed by atoms with Crippen molar-refractivity contribution in [1.29, 1.82) is 0 Å². The standard InChI is InChI=1S/C15H16N6O2/c1-9-5-10-14(19-9)15(17-8-16-10)20-11-6-23-7-12(11)21-13(22)3-2-4-18-21/h2-5,8,11-12,19H,6-7H2,1H3,(H,16,17,20). The van der Waals surface area contributed by atoms with Gasteiger partial charge in [-0.25, -0.2) is 14.6 Å². The van der Waals surface area contributed by atoms with E-state index < -0.39 is 0 Å². The molecule has 3 aromatic rings. The highest BCUT2D eigenvalue weighted by Gasteiger charge is 2.31. The molecule has 0 aliphatic carbocycles. The van der Waals surface area contributed by atoms with E-state index >= 15 is 0 Å². The van der Waals surface area contributed by atoms with Gasteiger partial charge in [0.25, 0.3) is 5.56 Å². The van der Waals surface area contributed by atoms with E-state index in [1.807, 2.05) is 13.0 Å². The van der Waals surface area contributed by atoms with Crippen LogP contribution in [0.3, 0.4) is 0 Å². The second-order valence-corrected chi connectivity index (χ2v) is 5.60. The van der Waals surface area contributed by atoms with Crippen LogP contribution in [0.2, 0.25) is 0 Å². The summed E-state index contributed by atoms with van der Waals surface area (Å²) in [6, 6.07) is 4.83. The predicted molar refractivity (Wildman–Crippen MR) is 84.4 cm³/mol. The second kappa shape index (κ2) is 5.47. The van der Waals surface area contributed by atoms with Crippen LogP contribution < -0.4 is 10.9 Å². The first-order valence-corrected chi connectivity index (χ1v) is 7.41. The van der Waals surface area contributed by atoms with Crippen molar-refractivity contribution in [2.24, 2.45) is 0 Å². The molecule has 0 saturated carbocycles. The molecule has 1 fully saturated rings. The van der Waals surface area contributed by atoms with Crippen molar-refractivity contribution in [1.82, 2.24) is 24.7 Å². The van der Waals surface area contributed by atoms with Crippen molar-refractivity contribution in [2.75, 3.05) is 18.5 Å². The molecule has 8 heteroatoms. The smallest absolute Gasteiger partial charge is 0.267 e. The molecule has 1 aliphatic heterocycles. The van der Waals surface area contributed by atoms with Gasteiger partial charge in [0, 0.05) is 18.0 Å². The minimum atomic E-state index is -0.176. The molecule has 1 saturated heterocycles. The van der Waals surface area contributed by atoms with Crippen LogP contribution >= 0.6 is 0 Å². The summed E-state index contributed by atoms with van der Waals surface area (Å²) in [4.78, 5) is 23.8. The third-order valence-electron chi connectivity index (χ3n) is 3.98. The average molecular weight is 312 g/mol. The van der Waals surface area contributed by atoms with E-state index in [1.54, 1.807) is 12.3 Å². The molecule has 118 valence electrons. The van der Waals surface area contributed by atoms with Crippen LogP contribution in [0, 0.1) is 6.92 Å². The Kier molecular flexibility index (Phi) is 3.30. The molecule has 0 aromatic carbocycles. The first kappa shape index (κ1) is 13.9. The van der Waals surface area contributed by atoms with Crippen molar-refractivity contribution in [2.45, 2.75) is 19.0 Å². The highest BCUT2D eigenvalue weighted by atomic mass is 16.5. The van der Waals surface area contributed by atoms with E-state index in [2.05, 4.69) is 25.4 Å². The quantitative estimate of drug-likeness (QED) is 0.745. The summed E-state index contributed by atoms with van der Waals surface area (Å²) in [6.45, 7) is 2.89. The zero-order valence-corrected chi connectivity index (χ0v) is 12.6. The number of nitrogens with zero attached hydrogens (tertiary/aromatic N) is 4. The van der Waals surface area contributed by atoms with Gasteiger partial charge in [0.05, 0.1) is 24.8 Å². The average Bonchev–Trinajstić information content (AvgIpc) is 3.14. The van der Waals surface area contributed by atoms with Gasteiger partial charge in [0.1, 0.15) is 17.9 Å². The molecule has 3 aromatic heterocycles. The van der Waals surface area contributed by atoms with Crippen LogP contribution in [0.25, 0.3) is 11.0 Å². The molecule has 0 bridgehead atoms. The Bertz CT molecular complexity index is 902. The summed E-state index contributed by atoms with van der Waals surface area (Å²) in [7, 11) is 0. The van der Waals surface area contributed by atoms with Crippen molar-refractivity contribution in [3.05, 3.63) is 46.8 Å². The number of aromatic nitrogens is 5. The maximum Gasteiger partial charge on any atom is 0.267 e. The topological polar surface area (TPSA) is 97.7 Å². The third-order valence-corrected chi connectivity index (χ3v) is 3.98. The largest absolute Gasteiger partial charge is 0.377 e. The number of hydrogen-bond acceptors (Lipinski definition) is 6. The van der Waals surface area contributed by atoms with Gasteiger partial charge < -0.3 is 15.0 Å². The Balaban J connectivity index is 1.67. The van der Waals surface area contributed by atoms with E-state index in [4.69, 9.17) is 4.74 Å². The van der Waals surface area contributed by atoms with Gasteiger partial charge in [0.15, 0.2) is 5.82 Å². The number of aromatic amines is 1. The lowest BCUT2D eigenvalue weighted by atomic mass is 10.1. The van der Waals surface area contributed by atoms with Gasteiger partial charge in [-0.15, -0.1) is 0 Å². The summed E-state index contributed by atoms with van der Waals surface area (Å²) in [5.74, 6) is 0.701. The first-order chi connectivity index (χ1) is 11.2. The van der Waals surface area contributed by atoms with Crippen LogP contribution in [0.1, 0.15) is 11.7 Å². The van der Waals surface area contributed by atoms with E-state index in [9.17, 15) is 4.79 Å². The number of rotatable bonds is 3. The van der Waals surface area contributed by atoms with Gasteiger partial charge in [-0.2, -0.15) is 5.10 Å². The van der Waals surface area contributed by atoms with Gasteiger partial charge in [0.2, 0.25) is 0 Å². The molecule has 2 unspecified atom stereocenters. The summed E-state index contributed by atoms with van der Waals surface area (Å²) in [5.41, 5.74) is 2.58. The minimum Gasteiger partial charge on any atom is -0.377 e. The Morgan fingerprint density at radius 3 is 3.17 bits per heavy atom. The Labute approximate surface area is 131 Å². The molecule has 1 aliphatic rings. The lowest BCUT2D eigenvalue weighted by molar-refractivity contribution is 0.182. The van der Waals surface area contributed by atoms with Crippen molar-refractivity contribution in [3.8, 4) is 0 Å². The molecule has 23 heavy (non-hydrogen) atoms. The van der Waals surface area contributed by atoms with Crippen LogP contribution in [0.15, 0.2) is 35.5 Å². The molecule has 4 rings (SSSR count). The number of H-pyrrole nitrogens is 1. The monoisotopic (exact) mass is 312 g/mol. The number of hydrogen-bond donors (Lipinski definition) is 2. The second-order valence-electron chi connectivity index (χ2n) is 5.60. The molecule has 0 radical (unpaired) electrons. The molecule has 8 nitrogen and oxygen atoms in total.